The number of rotatable bonds is 2. The van der Waals surface area contributed by atoms with Crippen molar-refractivity contribution < 1.29 is 22.0 Å². The van der Waals surface area contributed by atoms with Crippen molar-refractivity contribution in [1.82, 2.24) is 0 Å². The molecule has 0 aliphatic heterocycles. The average Bonchev–Trinajstić information content (AvgIpc) is 1.84. The summed E-state index contributed by atoms with van der Waals surface area (Å²) in [5, 5.41) is -2.08. The van der Waals surface area contributed by atoms with E-state index in [4.69, 9.17) is 0 Å². The van der Waals surface area contributed by atoms with Crippen molar-refractivity contribution in [2.75, 3.05) is 0 Å². The number of hydrogen-bond donors (Lipinski definition) is 0. The van der Waals surface area contributed by atoms with Crippen molar-refractivity contribution in [2.45, 2.75) is 12.6 Å². The average molecular weight is 181 g/mol. The molecule has 1 unspecified atom stereocenters. The van der Waals surface area contributed by atoms with Crippen molar-refractivity contribution in [2.24, 2.45) is 0 Å². The Balaban J connectivity index is 4.22. The van der Waals surface area contributed by atoms with Crippen molar-refractivity contribution in [3.63, 3.8) is 0 Å². The molecule has 0 bridgehead atoms. The van der Waals surface area contributed by atoms with E-state index >= 15 is 0 Å². The highest BCUT2D eigenvalue weighted by Crippen LogP contribution is 2.22. The lowest BCUT2D eigenvalue weighted by atomic mass is 10.4. The number of alkyl halides is 3. The van der Waals surface area contributed by atoms with E-state index in [2.05, 4.69) is 11.6 Å². The van der Waals surface area contributed by atoms with E-state index in [1.807, 2.05) is 0 Å². The zero-order chi connectivity index (χ0) is 8.31. The number of hydrogen-bond acceptors (Lipinski definition) is 0. The second-order valence-corrected chi connectivity index (χ2v) is 1.68. The molecule has 1 atom stereocenters. The van der Waals surface area contributed by atoms with Gasteiger partial charge in [-0.2, -0.15) is 4.39 Å². The molecule has 0 aromatic carbocycles. The molecule has 0 heterocycles. The third kappa shape index (κ3) is 2.51. The Hall–Kier alpha value is -0.320. The Morgan fingerprint density at radius 2 is 1.50 bits per heavy atom. The molecular formula is C4H2ClF5. The van der Waals surface area contributed by atoms with Gasteiger partial charge in [0.1, 0.15) is 0 Å². The molecule has 60 valence electrons. The Kier molecular flexibility index (Phi) is 3.63. The van der Waals surface area contributed by atoms with Crippen LogP contribution in [0.5, 0.6) is 0 Å². The summed E-state index contributed by atoms with van der Waals surface area (Å²) < 4.78 is 57.1. The van der Waals surface area contributed by atoms with Gasteiger partial charge >= 0.3 is 0 Å². The first-order valence-corrected chi connectivity index (χ1v) is 2.47. The minimum absolute atomic E-state index is 2.08. The maximum Gasteiger partial charge on any atom is 0.275 e. The summed E-state index contributed by atoms with van der Waals surface area (Å²) in [7, 11) is 0. The fourth-order valence-corrected chi connectivity index (χ4v) is 0.319. The highest BCUT2D eigenvalue weighted by atomic mass is 35.5. The lowest BCUT2D eigenvalue weighted by Crippen LogP contribution is -2.12. The second kappa shape index (κ2) is 3.75. The van der Waals surface area contributed by atoms with E-state index in [1.165, 1.54) is 0 Å². The molecule has 0 aliphatic carbocycles. The van der Waals surface area contributed by atoms with Crippen LogP contribution in [0.25, 0.3) is 0 Å². The maximum atomic E-state index is 11.7. The number of halogens is 6. The summed E-state index contributed by atoms with van der Waals surface area (Å²) in [5.74, 6) is -2.27. The zero-order valence-corrected chi connectivity index (χ0v) is 5.18. The molecule has 0 radical (unpaired) electrons. The van der Waals surface area contributed by atoms with Crippen LogP contribution in [0.15, 0.2) is 11.1 Å². The van der Waals surface area contributed by atoms with E-state index in [0.29, 0.717) is 0 Å². The minimum atomic E-state index is -3.59. The van der Waals surface area contributed by atoms with Crippen LogP contribution in [0, 0.1) is 0 Å². The van der Waals surface area contributed by atoms with Crippen LogP contribution >= 0.6 is 11.6 Å². The van der Waals surface area contributed by atoms with Crippen LogP contribution in [-0.2, 0) is 0 Å². The molecule has 0 saturated heterocycles. The van der Waals surface area contributed by atoms with Gasteiger partial charge in [-0.15, -0.1) is 0 Å². The van der Waals surface area contributed by atoms with Gasteiger partial charge in [-0.25, -0.2) is 17.6 Å². The smallest absolute Gasteiger partial charge is 0.233 e. The standard InChI is InChI=1S/C4H2ClF5/c5-3(8)1(6)2(7)4(9)10/h2,4H. The predicted octanol–water partition coefficient (Wildman–Crippen LogP) is 2.94. The van der Waals surface area contributed by atoms with E-state index in [0.717, 1.165) is 0 Å². The van der Waals surface area contributed by atoms with E-state index in [-0.39, 0.29) is 0 Å². The highest BCUT2D eigenvalue weighted by Gasteiger charge is 2.27. The van der Waals surface area contributed by atoms with Gasteiger partial charge in [0.15, 0.2) is 5.83 Å². The minimum Gasteiger partial charge on any atom is -0.233 e. The normalized spacial score (nSPS) is 17.1. The molecule has 0 saturated carbocycles. The topological polar surface area (TPSA) is 0 Å². The molecule has 0 rings (SSSR count). The molecule has 0 aromatic heterocycles. The van der Waals surface area contributed by atoms with Crippen LogP contribution in [0.2, 0.25) is 0 Å². The largest absolute Gasteiger partial charge is 0.275 e. The monoisotopic (exact) mass is 180 g/mol. The lowest BCUT2D eigenvalue weighted by Gasteiger charge is -2.01. The van der Waals surface area contributed by atoms with Crippen LogP contribution in [-0.4, -0.2) is 12.6 Å². The summed E-state index contributed by atoms with van der Waals surface area (Å²) in [6, 6.07) is 0. The summed E-state index contributed by atoms with van der Waals surface area (Å²) in [5.41, 5.74) is 0. The Morgan fingerprint density at radius 1 is 1.10 bits per heavy atom. The lowest BCUT2D eigenvalue weighted by molar-refractivity contribution is 0.0564. The predicted molar refractivity (Wildman–Crippen MR) is 26.0 cm³/mol. The SMILES string of the molecule is FC(Cl)=C(F)C(F)C(F)F. The van der Waals surface area contributed by atoms with Gasteiger partial charge in [-0.05, 0) is 11.6 Å². The molecule has 0 N–H and O–H groups in total. The van der Waals surface area contributed by atoms with Crippen molar-refractivity contribution in [1.29, 1.82) is 0 Å². The van der Waals surface area contributed by atoms with Crippen LogP contribution in [0.1, 0.15) is 0 Å². The van der Waals surface area contributed by atoms with Gasteiger partial charge in [0, 0.05) is 0 Å². The van der Waals surface area contributed by atoms with Gasteiger partial charge in [-0.1, -0.05) is 0 Å². The van der Waals surface area contributed by atoms with Crippen LogP contribution in [0.3, 0.4) is 0 Å². The maximum absolute atomic E-state index is 11.7. The first kappa shape index (κ1) is 9.68. The fourth-order valence-electron chi connectivity index (χ4n) is 0.215. The van der Waals surface area contributed by atoms with Crippen molar-refractivity contribution >= 4 is 11.6 Å². The zero-order valence-electron chi connectivity index (χ0n) is 4.42. The molecule has 0 spiro atoms. The fraction of sp³-hybridized carbons (Fsp3) is 0.500. The Morgan fingerprint density at radius 3 is 1.60 bits per heavy atom. The Bertz CT molecular complexity index is 139. The highest BCUT2D eigenvalue weighted by molar-refractivity contribution is 6.28. The second-order valence-electron chi connectivity index (χ2n) is 1.34. The quantitative estimate of drug-likeness (QED) is 0.573. The van der Waals surface area contributed by atoms with E-state index < -0.39 is 23.7 Å². The molecule has 6 heteroatoms. The van der Waals surface area contributed by atoms with Gasteiger partial charge in [0.2, 0.25) is 11.5 Å². The summed E-state index contributed by atoms with van der Waals surface area (Å²) in [6.45, 7) is 0. The first-order chi connectivity index (χ1) is 4.46. The van der Waals surface area contributed by atoms with Gasteiger partial charge in [0.05, 0.1) is 0 Å². The van der Waals surface area contributed by atoms with Crippen LogP contribution < -0.4 is 0 Å². The van der Waals surface area contributed by atoms with Crippen molar-refractivity contribution in [3.8, 4) is 0 Å². The number of allylic oxidation sites excluding steroid dienone is 1. The molecule has 10 heavy (non-hydrogen) atoms. The first-order valence-electron chi connectivity index (χ1n) is 2.09. The van der Waals surface area contributed by atoms with Gasteiger partial charge in [0.25, 0.3) is 6.43 Å². The molecule has 0 aromatic rings. The molecular weight excluding hydrogens is 178 g/mol. The van der Waals surface area contributed by atoms with E-state index in [1.54, 1.807) is 0 Å². The molecule has 0 nitrogen and oxygen atoms in total. The molecule has 0 fully saturated rings. The third-order valence-corrected chi connectivity index (χ3v) is 0.824. The van der Waals surface area contributed by atoms with Crippen molar-refractivity contribution in [3.05, 3.63) is 11.1 Å². The Labute approximate surface area is 58.3 Å². The molecule has 0 aliphatic rings. The third-order valence-electron chi connectivity index (χ3n) is 0.644. The van der Waals surface area contributed by atoms with Gasteiger partial charge in [-0.3, -0.25) is 0 Å². The van der Waals surface area contributed by atoms with Gasteiger partial charge < -0.3 is 0 Å². The summed E-state index contributed by atoms with van der Waals surface area (Å²) >= 11 is 4.23. The van der Waals surface area contributed by atoms with Crippen LogP contribution in [0.4, 0.5) is 22.0 Å². The van der Waals surface area contributed by atoms with E-state index in [9.17, 15) is 22.0 Å². The molecule has 0 amide bonds. The summed E-state index contributed by atoms with van der Waals surface area (Å²) in [4.78, 5) is 0. The summed E-state index contributed by atoms with van der Waals surface area (Å²) in [6.07, 6.45) is -6.86.